The lowest BCUT2D eigenvalue weighted by atomic mass is 10.6. The quantitative estimate of drug-likeness (QED) is 0.407. The van der Waals surface area contributed by atoms with Crippen LogP contribution in [0.5, 0.6) is 0 Å². The Morgan fingerprint density at radius 3 is 2.13 bits per heavy atom. The molecule has 0 heterocycles. The fraction of sp³-hybridized carbons (Fsp3) is 1.00. The Hall–Kier alpha value is 1.09. The summed E-state index contributed by atoms with van der Waals surface area (Å²) in [6.07, 6.45) is 1.03. The Kier molecular flexibility index (Phi) is 7.97. The minimum Gasteiger partial charge on any atom is -0.432 e. The van der Waals surface area contributed by atoms with Gasteiger partial charge in [-0.25, -0.2) is 0 Å². The fourth-order valence-electron chi connectivity index (χ4n) is 1.18. The second-order valence-corrected chi connectivity index (χ2v) is 16.2. The van der Waals surface area contributed by atoms with Crippen molar-refractivity contribution in [3.63, 3.8) is 0 Å². The van der Waals surface area contributed by atoms with E-state index in [0.717, 1.165) is 24.0 Å². The number of hydrogen-bond donors (Lipinski definition) is 2. The largest absolute Gasteiger partial charge is 0.432 e. The molecule has 1 N–H and O–H groups in total. The predicted octanol–water partition coefficient (Wildman–Crippen LogP) is 1.95. The zero-order valence-corrected chi connectivity index (χ0v) is 13.9. The van der Waals surface area contributed by atoms with Gasteiger partial charge in [-0.3, -0.25) is 0 Å². The van der Waals surface area contributed by atoms with E-state index < -0.39 is 16.5 Å². The molecule has 0 bridgehead atoms. The molecule has 1 atom stereocenters. The van der Waals surface area contributed by atoms with Crippen LogP contribution >= 0.6 is 20.8 Å². The normalized spacial score (nSPS) is 14.0. The lowest BCUT2D eigenvalue weighted by Gasteiger charge is -2.29. The molecule has 0 spiro atoms. The van der Waals surface area contributed by atoms with Crippen molar-refractivity contribution in [2.45, 2.75) is 25.6 Å². The second kappa shape index (κ2) is 7.43. The smallest absolute Gasteiger partial charge is 0.360 e. The molecule has 0 aliphatic rings. The molecular formula is C8H23O3PSSi2. The first kappa shape index (κ1) is 16.1. The number of rotatable bonds is 8. The standard InChI is InChI=1S/C8H23O3PSSi2/c1-10-15(11-2,7-5-6-13)12-8-14(3,4)9/h9,12-13H,5-8H2,1-4H3. The topological polar surface area (TPSA) is 38.7 Å². The van der Waals surface area contributed by atoms with Crippen molar-refractivity contribution in [1.82, 2.24) is 0 Å². The van der Waals surface area contributed by atoms with E-state index >= 15 is 0 Å². The van der Waals surface area contributed by atoms with Crippen molar-refractivity contribution in [1.29, 1.82) is 0 Å². The van der Waals surface area contributed by atoms with E-state index in [1.165, 1.54) is 0 Å². The van der Waals surface area contributed by atoms with Crippen LogP contribution in [0.2, 0.25) is 19.1 Å². The van der Waals surface area contributed by atoms with Gasteiger partial charge in [-0.1, -0.05) is 8.13 Å². The number of thiol groups is 1. The lowest BCUT2D eigenvalue weighted by Crippen LogP contribution is -2.39. The van der Waals surface area contributed by atoms with Gasteiger partial charge in [0.15, 0.2) is 8.32 Å². The van der Waals surface area contributed by atoms with Gasteiger partial charge in [-0.2, -0.15) is 12.6 Å². The molecular weight excluding hydrogens is 263 g/mol. The predicted molar refractivity (Wildman–Crippen MR) is 75.9 cm³/mol. The van der Waals surface area contributed by atoms with Crippen molar-refractivity contribution < 1.29 is 13.6 Å². The van der Waals surface area contributed by atoms with Crippen LogP contribution in [0.3, 0.4) is 0 Å². The SMILES string of the molecule is CO[Si](CCCS)(OC)PC[Si](C)(C)O. The summed E-state index contributed by atoms with van der Waals surface area (Å²) >= 11 is 4.21. The van der Waals surface area contributed by atoms with Crippen LogP contribution in [0.25, 0.3) is 0 Å². The highest BCUT2D eigenvalue weighted by atomic mass is 32.1. The summed E-state index contributed by atoms with van der Waals surface area (Å²) in [5, 5.41) is 0. The second-order valence-electron chi connectivity index (χ2n) is 4.15. The van der Waals surface area contributed by atoms with E-state index in [9.17, 15) is 4.80 Å². The van der Waals surface area contributed by atoms with Gasteiger partial charge in [-0.05, 0) is 37.1 Å². The average molecular weight is 286 g/mol. The van der Waals surface area contributed by atoms with Gasteiger partial charge in [0.1, 0.15) is 0 Å². The van der Waals surface area contributed by atoms with Gasteiger partial charge in [-0.15, -0.1) is 0 Å². The molecule has 3 nitrogen and oxygen atoms in total. The van der Waals surface area contributed by atoms with Crippen molar-refractivity contribution in [3.05, 3.63) is 0 Å². The van der Waals surface area contributed by atoms with E-state index in [1.54, 1.807) is 14.2 Å². The molecule has 0 aromatic rings. The Morgan fingerprint density at radius 2 is 1.80 bits per heavy atom. The van der Waals surface area contributed by atoms with Gasteiger partial charge < -0.3 is 13.6 Å². The van der Waals surface area contributed by atoms with Gasteiger partial charge in [0.25, 0.3) is 0 Å². The molecule has 0 aromatic carbocycles. The highest BCUT2D eigenvalue weighted by Gasteiger charge is 2.36. The summed E-state index contributed by atoms with van der Waals surface area (Å²) in [4.78, 5) is 9.84. The Bertz CT molecular complexity index is 174. The highest BCUT2D eigenvalue weighted by Crippen LogP contribution is 2.35. The third-order valence-electron chi connectivity index (χ3n) is 2.11. The summed E-state index contributed by atoms with van der Waals surface area (Å²) in [6.45, 7) is 3.92. The molecule has 0 amide bonds. The summed E-state index contributed by atoms with van der Waals surface area (Å²) in [5.74, 6) is 1.75. The average Bonchev–Trinajstić information content (AvgIpc) is 2.18. The first-order valence-electron chi connectivity index (χ1n) is 5.08. The Balaban J connectivity index is 4.23. The molecule has 0 saturated carbocycles. The lowest BCUT2D eigenvalue weighted by molar-refractivity contribution is 0.266. The van der Waals surface area contributed by atoms with E-state index in [2.05, 4.69) is 12.6 Å². The molecule has 0 aliphatic carbocycles. The first-order valence-corrected chi connectivity index (χ1v) is 13.1. The Labute approximate surface area is 102 Å². The summed E-state index contributed by atoms with van der Waals surface area (Å²) in [6, 6.07) is 0.979. The minimum atomic E-state index is -2.02. The van der Waals surface area contributed by atoms with Crippen molar-refractivity contribution in [2.75, 3.05) is 25.8 Å². The monoisotopic (exact) mass is 286 g/mol. The molecule has 0 rings (SSSR count). The van der Waals surface area contributed by atoms with Crippen molar-refractivity contribution >= 4 is 37.3 Å². The minimum absolute atomic E-state index is 0.627. The molecule has 92 valence electrons. The molecule has 0 aromatic heterocycles. The van der Waals surface area contributed by atoms with Crippen LogP contribution in [-0.2, 0) is 8.85 Å². The van der Waals surface area contributed by atoms with E-state index in [4.69, 9.17) is 8.85 Å². The first-order chi connectivity index (χ1) is 6.89. The fourth-order valence-corrected chi connectivity index (χ4v) is 14.4. The van der Waals surface area contributed by atoms with Gasteiger partial charge >= 0.3 is 8.23 Å². The maximum Gasteiger partial charge on any atom is 0.360 e. The molecule has 0 saturated heterocycles. The zero-order valence-electron chi connectivity index (χ0n) is 10.0. The van der Waals surface area contributed by atoms with Gasteiger partial charge in [0.05, 0.1) is 0 Å². The van der Waals surface area contributed by atoms with Crippen LogP contribution in [0.1, 0.15) is 6.42 Å². The van der Waals surface area contributed by atoms with Crippen molar-refractivity contribution in [2.24, 2.45) is 0 Å². The maximum absolute atomic E-state index is 9.84. The maximum atomic E-state index is 9.84. The van der Waals surface area contributed by atoms with E-state index in [-0.39, 0.29) is 0 Å². The van der Waals surface area contributed by atoms with Gasteiger partial charge in [0, 0.05) is 14.2 Å². The zero-order chi connectivity index (χ0) is 11.9. The summed E-state index contributed by atoms with van der Waals surface area (Å²) in [7, 11) is 0.0944. The molecule has 7 heteroatoms. The van der Waals surface area contributed by atoms with E-state index in [1.807, 2.05) is 13.1 Å². The van der Waals surface area contributed by atoms with Crippen LogP contribution in [0, 0.1) is 0 Å². The molecule has 15 heavy (non-hydrogen) atoms. The van der Waals surface area contributed by atoms with E-state index in [0.29, 0.717) is 8.13 Å². The highest BCUT2D eigenvalue weighted by molar-refractivity contribution is 7.81. The molecule has 0 fully saturated rings. The molecule has 0 aliphatic heterocycles. The number of hydrogen-bond acceptors (Lipinski definition) is 4. The molecule has 0 radical (unpaired) electrons. The van der Waals surface area contributed by atoms with Crippen LogP contribution in [0.15, 0.2) is 0 Å². The van der Waals surface area contributed by atoms with Gasteiger partial charge in [0.2, 0.25) is 0 Å². The Morgan fingerprint density at radius 1 is 1.27 bits per heavy atom. The van der Waals surface area contributed by atoms with Crippen molar-refractivity contribution in [3.8, 4) is 0 Å². The molecule has 1 unspecified atom stereocenters. The third-order valence-corrected chi connectivity index (χ3v) is 14.6. The summed E-state index contributed by atoms with van der Waals surface area (Å²) < 4.78 is 11.2. The van der Waals surface area contributed by atoms with Crippen LogP contribution in [-0.4, -0.2) is 47.1 Å². The van der Waals surface area contributed by atoms with Crippen LogP contribution in [0.4, 0.5) is 0 Å². The third kappa shape index (κ3) is 7.10. The summed E-state index contributed by atoms with van der Waals surface area (Å²) in [5.41, 5.74) is 0. The van der Waals surface area contributed by atoms with Crippen LogP contribution < -0.4 is 0 Å².